The third-order valence-corrected chi connectivity index (χ3v) is 12.5. The molecule has 4 aliphatic heterocycles. The first kappa shape index (κ1) is 47.0. The number of hydrogen-bond donors (Lipinski definition) is 3. The van der Waals surface area contributed by atoms with Gasteiger partial charge in [-0.1, -0.05) is 89.4 Å². The Kier molecular flexibility index (Phi) is 15.1. The van der Waals surface area contributed by atoms with E-state index in [1.807, 2.05) is 63.9 Å². The van der Waals surface area contributed by atoms with Crippen molar-refractivity contribution in [1.29, 1.82) is 0 Å². The van der Waals surface area contributed by atoms with Crippen molar-refractivity contribution in [3.05, 3.63) is 141 Å². The summed E-state index contributed by atoms with van der Waals surface area (Å²) in [4.78, 5) is 67.8. The Morgan fingerprint density at radius 1 is 0.585 bits per heavy atom. The van der Waals surface area contributed by atoms with Crippen LogP contribution in [0.25, 0.3) is 17.1 Å². The summed E-state index contributed by atoms with van der Waals surface area (Å²) in [6, 6.07) is 24.1. The van der Waals surface area contributed by atoms with Crippen molar-refractivity contribution in [1.82, 2.24) is 49.0 Å². The predicted molar refractivity (Wildman–Crippen MR) is 247 cm³/mol. The number of imidazole rings is 3. The lowest BCUT2D eigenvalue weighted by Crippen LogP contribution is -2.27. The average molecular weight is 961 g/mol. The quantitative estimate of drug-likeness (QED) is 0.117. The molecular weight excluding hydrogens is 914 g/mol. The van der Waals surface area contributed by atoms with Crippen LogP contribution in [-0.2, 0) is 43.2 Å². The van der Waals surface area contributed by atoms with Gasteiger partial charge in [0.1, 0.15) is 22.6 Å². The Morgan fingerprint density at radius 2 is 1.03 bits per heavy atom. The minimum Gasteiger partial charge on any atom is -0.346 e. The zero-order valence-corrected chi connectivity index (χ0v) is 38.8. The van der Waals surface area contributed by atoms with Gasteiger partial charge in [-0.25, -0.2) is 15.0 Å². The number of fused-ring (bicyclic) bond motifs is 9. The Bertz CT molecular complexity index is 2730. The average Bonchev–Trinajstić information content (AvgIpc) is 4.00. The second kappa shape index (κ2) is 20.9. The number of benzene rings is 3. The van der Waals surface area contributed by atoms with Crippen molar-refractivity contribution >= 4 is 76.1 Å². The highest BCUT2D eigenvalue weighted by molar-refractivity contribution is 6.40. The molecule has 15 nitrogen and oxygen atoms in total. The van der Waals surface area contributed by atoms with Gasteiger partial charge >= 0.3 is 0 Å². The first-order valence-corrected chi connectivity index (χ1v) is 22.5. The number of hydrogen-bond acceptors (Lipinski definition) is 8. The number of carbonyl (C=O) groups is 5. The molecule has 3 N–H and O–H groups in total. The van der Waals surface area contributed by atoms with E-state index < -0.39 is 0 Å². The molecule has 19 heteroatoms. The zero-order valence-electron chi connectivity index (χ0n) is 35.7. The van der Waals surface area contributed by atoms with Crippen molar-refractivity contribution in [2.45, 2.75) is 90.3 Å². The molecule has 3 unspecified atom stereocenters. The summed E-state index contributed by atoms with van der Waals surface area (Å²) in [7, 11) is 0. The van der Waals surface area contributed by atoms with Gasteiger partial charge in [-0.3, -0.25) is 33.1 Å². The molecule has 1 fully saturated rings. The van der Waals surface area contributed by atoms with Crippen molar-refractivity contribution in [3.8, 4) is 17.1 Å². The molecule has 10 rings (SSSR count). The van der Waals surface area contributed by atoms with Crippen molar-refractivity contribution in [2.24, 2.45) is 0 Å². The van der Waals surface area contributed by atoms with Crippen molar-refractivity contribution < 1.29 is 24.0 Å². The molecule has 3 atom stereocenters. The van der Waals surface area contributed by atoms with Crippen LogP contribution in [0, 0.1) is 0 Å². The molecule has 3 aromatic carbocycles. The molecule has 0 spiro atoms. The number of halogens is 4. The highest BCUT2D eigenvalue weighted by Crippen LogP contribution is 2.36. The second-order valence-corrected chi connectivity index (χ2v) is 17.1. The molecule has 338 valence electrons. The van der Waals surface area contributed by atoms with Crippen molar-refractivity contribution in [3.63, 3.8) is 0 Å². The van der Waals surface area contributed by atoms with Crippen LogP contribution in [-0.4, -0.2) is 62.6 Å². The first-order valence-electron chi connectivity index (χ1n) is 21.0. The van der Waals surface area contributed by atoms with Crippen LogP contribution >= 0.6 is 46.6 Å². The van der Waals surface area contributed by atoms with Crippen LogP contribution < -0.4 is 16.0 Å². The molecule has 0 saturated carbocycles. The minimum atomic E-state index is -0.295. The molecule has 65 heavy (non-hydrogen) atoms. The highest BCUT2D eigenvalue weighted by Gasteiger charge is 2.30. The molecule has 5 amide bonds. The van der Waals surface area contributed by atoms with Gasteiger partial charge in [0.25, 0.3) is 0 Å². The number of nitrogens with one attached hydrogen (secondary N) is 3. The van der Waals surface area contributed by atoms with Gasteiger partial charge in [-0.15, -0.1) is 0 Å². The van der Waals surface area contributed by atoms with E-state index in [4.69, 9.17) is 46.6 Å². The largest absolute Gasteiger partial charge is 0.346 e. The van der Waals surface area contributed by atoms with Gasteiger partial charge in [0.05, 0.1) is 35.7 Å². The van der Waals surface area contributed by atoms with Crippen LogP contribution in [0.1, 0.15) is 105 Å². The van der Waals surface area contributed by atoms with Crippen LogP contribution in [0.4, 0.5) is 0 Å². The molecule has 7 heterocycles. The lowest BCUT2D eigenvalue weighted by Gasteiger charge is -2.15. The maximum Gasteiger partial charge on any atom is 0.244 e. The van der Waals surface area contributed by atoms with E-state index in [0.717, 1.165) is 72.8 Å². The zero-order chi connectivity index (χ0) is 46.4. The summed E-state index contributed by atoms with van der Waals surface area (Å²) in [5, 5.41) is 10.0. The monoisotopic (exact) mass is 958 g/mol. The predicted octanol–water partition coefficient (Wildman–Crippen LogP) is 8.24. The summed E-state index contributed by atoms with van der Waals surface area (Å²) >= 11 is 23.7. The lowest BCUT2D eigenvalue weighted by atomic mass is 10.1. The third kappa shape index (κ3) is 10.8. The number of imide groups is 1. The molecule has 3 aromatic heterocycles. The first-order chi connectivity index (χ1) is 31.2. The maximum absolute atomic E-state index is 11.4. The van der Waals surface area contributed by atoms with Gasteiger partial charge in [0.15, 0.2) is 10.3 Å². The second-order valence-electron chi connectivity index (χ2n) is 15.6. The number of carbonyl (C=O) groups excluding carboxylic acids is 5. The van der Waals surface area contributed by atoms with Gasteiger partial charge in [-0.2, -0.15) is 4.42 Å². The summed E-state index contributed by atoms with van der Waals surface area (Å²) < 4.78 is 6.46. The molecule has 0 bridgehead atoms. The summed E-state index contributed by atoms with van der Waals surface area (Å²) in [6.45, 7) is 4.56. The molecule has 1 saturated heterocycles. The van der Waals surface area contributed by atoms with E-state index in [1.54, 1.807) is 19.3 Å². The van der Waals surface area contributed by atoms with Crippen molar-refractivity contribution in [2.75, 3.05) is 0 Å². The highest BCUT2D eigenvalue weighted by atomic mass is 35.5. The normalized spacial score (nSPS) is 17.6. The molecule has 0 radical (unpaired) electrons. The van der Waals surface area contributed by atoms with E-state index in [2.05, 4.69) is 59.7 Å². The number of para-hydroxylation sites is 3. The number of aryl methyl sites for hydroxylation is 3. The molecule has 6 aromatic rings. The van der Waals surface area contributed by atoms with E-state index in [0.29, 0.717) is 20.5 Å². The Balaban J connectivity index is 0.000000134. The number of amides is 5. The maximum atomic E-state index is 11.4. The summed E-state index contributed by atoms with van der Waals surface area (Å²) in [5.74, 6) is 1.64. The van der Waals surface area contributed by atoms with Crippen LogP contribution in [0.3, 0.4) is 0 Å². The number of aromatic nitrogens is 6. The Hall–Kier alpha value is -6.00. The van der Waals surface area contributed by atoms with E-state index in [9.17, 15) is 24.0 Å². The van der Waals surface area contributed by atoms with Gasteiger partial charge in [-0.05, 0) is 73.4 Å². The van der Waals surface area contributed by atoms with Crippen LogP contribution in [0.5, 0.6) is 0 Å². The minimum absolute atomic E-state index is 0.00935. The topological polar surface area (TPSA) is 178 Å². The van der Waals surface area contributed by atoms with Gasteiger partial charge in [0.2, 0.25) is 29.5 Å². The van der Waals surface area contributed by atoms with E-state index >= 15 is 0 Å². The fourth-order valence-corrected chi connectivity index (χ4v) is 9.06. The van der Waals surface area contributed by atoms with E-state index in [-0.39, 0.29) is 65.7 Å². The van der Waals surface area contributed by atoms with Crippen LogP contribution in [0.2, 0.25) is 15.5 Å². The van der Waals surface area contributed by atoms with E-state index in [1.165, 1.54) is 25.0 Å². The molecular formula is C46H46Cl4N10O5. The van der Waals surface area contributed by atoms with Gasteiger partial charge < -0.3 is 20.5 Å². The van der Waals surface area contributed by atoms with Gasteiger partial charge in [0, 0.05) is 63.5 Å². The standard InChI is InChI=1S/C14H13Cl2N3O.C14H14ClN3O.C14H15N3O.C4H4ClNO2/c1-8(20)17-10-7-6-9-4-2-3-5-11(9)19-13(16)12(15)18-14(10)19;1-9(19)17-11-7-6-10-4-2-3-5-12(10)18-13(15)8-16-14(11)18;1-10(18)16-12-7-6-11-4-2-3-5-13(11)17-9-8-15-14(12)17;5-6-3(7)1-2-4(6)8/h2-5,10H,6-7H2,1H3,(H,17,20);2-5,8,11H,6-7H2,1H3,(H,17,19);2-5,8-9,12H,6-7H2,1H3,(H,16,18);1-2H2. The summed E-state index contributed by atoms with van der Waals surface area (Å²) in [5.41, 5.74) is 6.86. The number of nitrogens with zero attached hydrogens (tertiary/aromatic N) is 7. The summed E-state index contributed by atoms with van der Waals surface area (Å²) in [6.07, 6.45) is 11.1. The smallest absolute Gasteiger partial charge is 0.244 e. The van der Waals surface area contributed by atoms with Crippen LogP contribution in [0.15, 0.2) is 91.4 Å². The fraction of sp³-hybridized carbons (Fsp3) is 0.304. The number of rotatable bonds is 3. The molecule has 4 aliphatic rings. The lowest BCUT2D eigenvalue weighted by molar-refractivity contribution is -0.132. The third-order valence-electron chi connectivity index (χ3n) is 11.1. The fourth-order valence-electron chi connectivity index (χ4n) is 8.28. The molecule has 0 aliphatic carbocycles. The Labute approximate surface area is 395 Å². The SMILES string of the molecule is CC(=O)NC1CCc2ccccc2-n2c(Cl)cnc21.CC(=O)NC1CCc2ccccc2-n2c1nc(Cl)c2Cl.CC(=O)NC1CCc2ccccc2-n2ccnc21.O=C1CCC(=O)N1Cl. The Morgan fingerprint density at radius 3 is 1.52 bits per heavy atom.